The van der Waals surface area contributed by atoms with Gasteiger partial charge in [0.2, 0.25) is 0 Å². The van der Waals surface area contributed by atoms with E-state index in [0.29, 0.717) is 5.54 Å². The number of nitrogens with zero attached hydrogens (tertiary/aromatic N) is 4. The molecule has 0 aliphatic carbocycles. The van der Waals surface area contributed by atoms with Crippen molar-refractivity contribution in [1.82, 2.24) is 0 Å². The first-order chi connectivity index (χ1) is 10.5. The number of hydrogen-bond acceptors (Lipinski definition) is 5. The Kier molecular flexibility index (Phi) is 8.89. The molecule has 1 rings (SSSR count). The smallest absolute Gasteiger partial charge is 0.370 e. The molecule has 0 saturated carbocycles. The normalized spacial score (nSPS) is 15.2. The molecule has 1 saturated heterocycles. The first-order valence-electron chi connectivity index (χ1n) is 7.77. The Balaban J connectivity index is 0.000000433. The van der Waals surface area contributed by atoms with Crippen LogP contribution in [0.2, 0.25) is 0 Å². The van der Waals surface area contributed by atoms with Crippen molar-refractivity contribution < 1.29 is 9.64 Å². The Morgan fingerprint density at radius 3 is 1.45 bits per heavy atom. The fraction of sp³-hybridized carbons (Fsp3) is 0.733. The molecule has 1 N–H and O–H groups in total. The van der Waals surface area contributed by atoms with E-state index in [-0.39, 0.29) is 0 Å². The molecule has 0 spiro atoms. The number of hydrogen-bond donors (Lipinski definition) is 1. The highest BCUT2D eigenvalue weighted by atomic mass is 16.5. The van der Waals surface area contributed by atoms with E-state index in [9.17, 15) is 0 Å². The molecule has 0 atom stereocenters. The number of nitrogens with one attached hydrogen (secondary N) is 1. The van der Waals surface area contributed by atoms with Gasteiger partial charge in [0.25, 0.3) is 0 Å². The van der Waals surface area contributed by atoms with Crippen molar-refractivity contribution in [3.8, 4) is 23.9 Å². The van der Waals surface area contributed by atoms with E-state index < -0.39 is 6.15 Å². The van der Waals surface area contributed by atoms with Gasteiger partial charge in [0.05, 0.1) is 18.8 Å². The van der Waals surface area contributed by atoms with Crippen LogP contribution in [0.1, 0.15) is 40.0 Å². The van der Waals surface area contributed by atoms with Crippen molar-refractivity contribution >= 4 is 6.15 Å². The number of nitriles is 4. The summed E-state index contributed by atoms with van der Waals surface area (Å²) in [5.41, 5.74) is 0.532. The van der Waals surface area contributed by atoms with Crippen molar-refractivity contribution in [3.63, 3.8) is 0 Å². The number of rotatable bonds is 4. The maximum Gasteiger partial charge on any atom is 0.383 e. The first kappa shape index (κ1) is 19.9. The SMILES string of the molecule is CCC(CC)(CC)[NH+]1CCOCC1.N#C[B-](C#N)(C#N)C#N. The summed E-state index contributed by atoms with van der Waals surface area (Å²) in [5.74, 6) is 5.38. The second-order valence-electron chi connectivity index (χ2n) is 5.44. The second-order valence-corrected chi connectivity index (χ2v) is 5.44. The monoisotopic (exact) mass is 301 g/mol. The molecule has 118 valence electrons. The molecule has 0 radical (unpaired) electrons. The zero-order chi connectivity index (χ0) is 17.1. The van der Waals surface area contributed by atoms with E-state index in [1.807, 2.05) is 0 Å². The third-order valence-corrected chi connectivity index (χ3v) is 4.65. The van der Waals surface area contributed by atoms with Crippen molar-refractivity contribution in [2.24, 2.45) is 0 Å². The molecule has 0 aromatic heterocycles. The quantitative estimate of drug-likeness (QED) is 0.763. The van der Waals surface area contributed by atoms with Crippen molar-refractivity contribution in [1.29, 1.82) is 21.0 Å². The standard InChI is InChI=1S/C11H23NO.C4BN4/c1-4-11(5-2,6-3)12-7-9-13-10-8-12;6-1-5(2-7,3-8)4-9/h4-10H2,1-3H3;/q;-1/p+1. The molecule has 1 aliphatic rings. The summed E-state index contributed by atoms with van der Waals surface area (Å²) >= 11 is 0. The molecule has 0 bridgehead atoms. The lowest BCUT2D eigenvalue weighted by molar-refractivity contribution is -0.960. The Labute approximate surface area is 133 Å². The van der Waals surface area contributed by atoms with Gasteiger partial charge >= 0.3 is 6.15 Å². The van der Waals surface area contributed by atoms with Crippen LogP contribution in [0.4, 0.5) is 0 Å². The average Bonchev–Trinajstić information content (AvgIpc) is 2.61. The average molecular weight is 301 g/mol. The number of morpholine rings is 1. The summed E-state index contributed by atoms with van der Waals surface area (Å²) in [4.78, 5) is 1.77. The van der Waals surface area contributed by atoms with Gasteiger partial charge in [-0.3, -0.25) is 0 Å². The summed E-state index contributed by atoms with van der Waals surface area (Å²) in [7, 11) is 0. The molecule has 1 fully saturated rings. The maximum atomic E-state index is 8.09. The van der Waals surface area contributed by atoms with Crippen LogP contribution < -0.4 is 4.90 Å². The maximum absolute atomic E-state index is 8.09. The summed E-state index contributed by atoms with van der Waals surface area (Å²) in [6.45, 7) is 11.3. The van der Waals surface area contributed by atoms with E-state index in [0.717, 1.165) is 13.2 Å². The largest absolute Gasteiger partial charge is 0.383 e. The Hall–Kier alpha value is -2.06. The predicted molar refractivity (Wildman–Crippen MR) is 83.3 cm³/mol. The molecular formula is C15H24BN5O. The van der Waals surface area contributed by atoms with Gasteiger partial charge in [0.15, 0.2) is 0 Å². The number of ether oxygens (including phenoxy) is 1. The van der Waals surface area contributed by atoms with Crippen LogP contribution in [0.3, 0.4) is 0 Å². The van der Waals surface area contributed by atoms with E-state index in [4.69, 9.17) is 25.8 Å². The molecular weight excluding hydrogens is 277 g/mol. The van der Waals surface area contributed by atoms with Crippen LogP contribution in [0.5, 0.6) is 0 Å². The lowest BCUT2D eigenvalue weighted by Gasteiger charge is -2.41. The highest BCUT2D eigenvalue weighted by molar-refractivity contribution is 7.05. The number of quaternary nitrogens is 1. The van der Waals surface area contributed by atoms with Gasteiger partial charge in [-0.2, -0.15) is 0 Å². The first-order valence-corrected chi connectivity index (χ1v) is 7.77. The highest BCUT2D eigenvalue weighted by Gasteiger charge is 2.36. The molecule has 22 heavy (non-hydrogen) atoms. The van der Waals surface area contributed by atoms with Crippen LogP contribution in [0.25, 0.3) is 0 Å². The van der Waals surface area contributed by atoms with Gasteiger partial charge < -0.3 is 9.64 Å². The van der Waals surface area contributed by atoms with Crippen LogP contribution in [-0.4, -0.2) is 38.0 Å². The molecule has 6 nitrogen and oxygen atoms in total. The van der Waals surface area contributed by atoms with Crippen molar-refractivity contribution in [2.45, 2.75) is 45.6 Å². The van der Waals surface area contributed by atoms with Gasteiger partial charge in [-0.1, -0.05) is 20.8 Å². The van der Waals surface area contributed by atoms with Gasteiger partial charge in [0.1, 0.15) is 13.1 Å². The van der Waals surface area contributed by atoms with Gasteiger partial charge in [-0.25, -0.2) is 21.0 Å². The molecule has 7 heteroatoms. The Morgan fingerprint density at radius 2 is 1.23 bits per heavy atom. The molecule has 1 heterocycles. The molecule has 0 aromatic rings. The van der Waals surface area contributed by atoms with E-state index in [1.54, 1.807) is 4.90 Å². The Bertz CT molecular complexity index is 428. The minimum atomic E-state index is -2.72. The summed E-state index contributed by atoms with van der Waals surface area (Å²) in [6.07, 6.45) is 1.18. The highest BCUT2D eigenvalue weighted by Crippen LogP contribution is 2.15. The second kappa shape index (κ2) is 9.80. The van der Waals surface area contributed by atoms with Crippen molar-refractivity contribution in [2.75, 3.05) is 26.3 Å². The predicted octanol–water partition coefficient (Wildman–Crippen LogP) is 0.557. The Morgan fingerprint density at radius 1 is 0.864 bits per heavy atom. The molecule has 0 aromatic carbocycles. The van der Waals surface area contributed by atoms with E-state index >= 15 is 0 Å². The van der Waals surface area contributed by atoms with Crippen LogP contribution in [0.15, 0.2) is 0 Å². The summed E-state index contributed by atoms with van der Waals surface area (Å²) in [5, 5.41) is 32.3. The van der Waals surface area contributed by atoms with Gasteiger partial charge in [-0.15, -0.1) is 23.9 Å². The summed E-state index contributed by atoms with van der Waals surface area (Å²) in [6, 6.07) is 0. The minimum absolute atomic E-state index is 0.532. The molecule has 1 aliphatic heterocycles. The fourth-order valence-electron chi connectivity index (χ4n) is 2.82. The van der Waals surface area contributed by atoms with E-state index in [1.165, 1.54) is 56.2 Å². The zero-order valence-corrected chi connectivity index (χ0v) is 13.7. The van der Waals surface area contributed by atoms with Gasteiger partial charge in [0, 0.05) is 0 Å². The third kappa shape index (κ3) is 4.75. The lowest BCUT2D eigenvalue weighted by Crippen LogP contribution is -3.21. The zero-order valence-electron chi connectivity index (χ0n) is 13.7. The van der Waals surface area contributed by atoms with Crippen LogP contribution in [0, 0.1) is 44.9 Å². The molecule has 0 amide bonds. The minimum Gasteiger partial charge on any atom is -0.370 e. The lowest BCUT2D eigenvalue weighted by atomic mass is 9.30. The van der Waals surface area contributed by atoms with Crippen LogP contribution >= 0.6 is 0 Å². The topological polar surface area (TPSA) is 109 Å². The van der Waals surface area contributed by atoms with Crippen LogP contribution in [-0.2, 0) is 4.74 Å². The molecule has 0 unspecified atom stereocenters. The van der Waals surface area contributed by atoms with E-state index in [2.05, 4.69) is 20.8 Å². The summed E-state index contributed by atoms with van der Waals surface area (Å²) < 4.78 is 5.41. The van der Waals surface area contributed by atoms with Gasteiger partial charge in [-0.05, 0) is 19.3 Å². The fourth-order valence-corrected chi connectivity index (χ4v) is 2.82. The third-order valence-electron chi connectivity index (χ3n) is 4.65. The van der Waals surface area contributed by atoms with Crippen molar-refractivity contribution in [3.05, 3.63) is 0 Å².